The first-order chi connectivity index (χ1) is 7.76. The average Bonchev–Trinajstić information content (AvgIpc) is 2.16. The van der Waals surface area contributed by atoms with Gasteiger partial charge in [0.2, 0.25) is 0 Å². The van der Waals surface area contributed by atoms with Crippen molar-refractivity contribution in [2.45, 2.75) is 38.1 Å². The highest BCUT2D eigenvalue weighted by molar-refractivity contribution is 4.89. The van der Waals surface area contributed by atoms with Crippen molar-refractivity contribution in [3.05, 3.63) is 0 Å². The second-order valence-electron chi connectivity index (χ2n) is 5.69. The molecule has 1 unspecified atom stereocenters. The van der Waals surface area contributed by atoms with Crippen molar-refractivity contribution < 1.29 is 4.74 Å². The summed E-state index contributed by atoms with van der Waals surface area (Å²) >= 11 is 0. The second-order valence-corrected chi connectivity index (χ2v) is 5.69. The molecule has 0 aromatic carbocycles. The molecule has 94 valence electrons. The largest absolute Gasteiger partial charge is 0.381 e. The molecule has 1 saturated carbocycles. The van der Waals surface area contributed by atoms with Crippen LogP contribution in [0.4, 0.5) is 0 Å². The maximum Gasteiger partial charge on any atom is 0.0546 e. The Hall–Kier alpha value is -0.120. The summed E-state index contributed by atoms with van der Waals surface area (Å²) in [6, 6.07) is 0.843. The molecule has 3 nitrogen and oxygen atoms in total. The Labute approximate surface area is 99.5 Å². The van der Waals surface area contributed by atoms with Crippen molar-refractivity contribution >= 4 is 0 Å². The van der Waals surface area contributed by atoms with Gasteiger partial charge in [-0.3, -0.25) is 0 Å². The molecule has 1 aliphatic heterocycles. The fraction of sp³-hybridized carbons (Fsp3) is 1.00. The van der Waals surface area contributed by atoms with Gasteiger partial charge in [0, 0.05) is 31.2 Å². The molecule has 2 rings (SSSR count). The summed E-state index contributed by atoms with van der Waals surface area (Å²) in [6.07, 6.45) is 6.75. The Morgan fingerprint density at radius 2 is 2.19 bits per heavy atom. The standard InChI is InChI=1S/C13H26N2O/c1-14-9-13(7-4-8-16-11-13)10-15(2)12-5-3-6-12/h12,14H,3-11H2,1-2H3. The molecule has 0 radical (unpaired) electrons. The average molecular weight is 226 g/mol. The molecule has 0 aromatic rings. The maximum absolute atomic E-state index is 5.70. The Kier molecular flexibility index (Phi) is 4.22. The lowest BCUT2D eigenvalue weighted by atomic mass is 9.80. The van der Waals surface area contributed by atoms with Crippen molar-refractivity contribution in [1.82, 2.24) is 10.2 Å². The van der Waals surface area contributed by atoms with Crippen molar-refractivity contribution in [2.24, 2.45) is 5.41 Å². The number of hydrogen-bond acceptors (Lipinski definition) is 3. The first-order valence-corrected chi connectivity index (χ1v) is 6.68. The van der Waals surface area contributed by atoms with E-state index in [0.717, 1.165) is 25.8 Å². The lowest BCUT2D eigenvalue weighted by Crippen LogP contribution is -2.51. The minimum absolute atomic E-state index is 0.358. The van der Waals surface area contributed by atoms with Gasteiger partial charge in [0.25, 0.3) is 0 Å². The molecule has 0 bridgehead atoms. The SMILES string of the molecule is CNCC1(CN(C)C2CCC2)CCCOC1. The third kappa shape index (κ3) is 2.76. The molecule has 1 heterocycles. The zero-order valence-electron chi connectivity index (χ0n) is 10.8. The number of ether oxygens (including phenoxy) is 1. The highest BCUT2D eigenvalue weighted by atomic mass is 16.5. The summed E-state index contributed by atoms with van der Waals surface area (Å²) in [5.41, 5.74) is 0.358. The number of nitrogens with zero attached hydrogens (tertiary/aromatic N) is 1. The van der Waals surface area contributed by atoms with Crippen LogP contribution in [0.2, 0.25) is 0 Å². The highest BCUT2D eigenvalue weighted by Crippen LogP contribution is 2.32. The molecule has 2 fully saturated rings. The first-order valence-electron chi connectivity index (χ1n) is 6.68. The molecule has 1 N–H and O–H groups in total. The van der Waals surface area contributed by atoms with Crippen LogP contribution in [-0.2, 0) is 4.74 Å². The number of nitrogens with one attached hydrogen (secondary N) is 1. The molecular weight excluding hydrogens is 200 g/mol. The van der Waals surface area contributed by atoms with Gasteiger partial charge >= 0.3 is 0 Å². The fourth-order valence-corrected chi connectivity index (χ4v) is 3.09. The van der Waals surface area contributed by atoms with E-state index in [2.05, 4.69) is 24.3 Å². The van der Waals surface area contributed by atoms with Gasteiger partial charge in [0.15, 0.2) is 0 Å². The highest BCUT2D eigenvalue weighted by Gasteiger charge is 2.35. The van der Waals surface area contributed by atoms with E-state index >= 15 is 0 Å². The van der Waals surface area contributed by atoms with Crippen LogP contribution in [-0.4, -0.2) is 51.3 Å². The number of hydrogen-bond donors (Lipinski definition) is 1. The summed E-state index contributed by atoms with van der Waals surface area (Å²) in [7, 11) is 4.34. The zero-order valence-corrected chi connectivity index (χ0v) is 10.8. The van der Waals surface area contributed by atoms with Crippen LogP contribution in [0.15, 0.2) is 0 Å². The second kappa shape index (κ2) is 5.48. The Balaban J connectivity index is 1.89. The van der Waals surface area contributed by atoms with E-state index in [9.17, 15) is 0 Å². The molecule has 0 spiro atoms. The summed E-state index contributed by atoms with van der Waals surface area (Å²) < 4.78 is 5.70. The molecule has 1 saturated heterocycles. The Morgan fingerprint density at radius 1 is 1.38 bits per heavy atom. The van der Waals surface area contributed by atoms with E-state index in [-0.39, 0.29) is 0 Å². The molecule has 1 atom stereocenters. The van der Waals surface area contributed by atoms with E-state index < -0.39 is 0 Å². The van der Waals surface area contributed by atoms with E-state index in [0.29, 0.717) is 5.41 Å². The maximum atomic E-state index is 5.70. The predicted octanol–water partition coefficient (Wildman–Crippen LogP) is 1.49. The van der Waals surface area contributed by atoms with Gasteiger partial charge in [0.05, 0.1) is 6.61 Å². The van der Waals surface area contributed by atoms with E-state index in [4.69, 9.17) is 4.74 Å². The molecular formula is C13H26N2O. The quantitative estimate of drug-likeness (QED) is 0.768. The van der Waals surface area contributed by atoms with E-state index in [1.165, 1.54) is 38.6 Å². The molecule has 0 aromatic heterocycles. The van der Waals surface area contributed by atoms with Crippen LogP contribution in [0.3, 0.4) is 0 Å². The van der Waals surface area contributed by atoms with Crippen molar-refractivity contribution in [3.63, 3.8) is 0 Å². The van der Waals surface area contributed by atoms with Crippen LogP contribution in [0.1, 0.15) is 32.1 Å². The Bertz CT molecular complexity index is 204. The van der Waals surface area contributed by atoms with Gasteiger partial charge < -0.3 is 15.0 Å². The van der Waals surface area contributed by atoms with Gasteiger partial charge in [-0.15, -0.1) is 0 Å². The summed E-state index contributed by atoms with van der Waals surface area (Å²) in [5.74, 6) is 0. The van der Waals surface area contributed by atoms with Crippen LogP contribution < -0.4 is 5.32 Å². The lowest BCUT2D eigenvalue weighted by molar-refractivity contribution is -0.0327. The van der Waals surface area contributed by atoms with Gasteiger partial charge in [-0.25, -0.2) is 0 Å². The van der Waals surface area contributed by atoms with Crippen LogP contribution in [0.5, 0.6) is 0 Å². The third-order valence-electron chi connectivity index (χ3n) is 4.24. The summed E-state index contributed by atoms with van der Waals surface area (Å²) in [5, 5.41) is 3.35. The topological polar surface area (TPSA) is 24.5 Å². The molecule has 0 amide bonds. The molecule has 1 aliphatic carbocycles. The van der Waals surface area contributed by atoms with Gasteiger partial charge in [-0.05, 0) is 39.8 Å². The first kappa shape index (κ1) is 12.3. The number of rotatable bonds is 5. The van der Waals surface area contributed by atoms with E-state index in [1.807, 2.05) is 0 Å². The van der Waals surface area contributed by atoms with Gasteiger partial charge in [-0.2, -0.15) is 0 Å². The summed E-state index contributed by atoms with van der Waals surface area (Å²) in [4.78, 5) is 2.56. The van der Waals surface area contributed by atoms with Crippen molar-refractivity contribution in [2.75, 3.05) is 40.4 Å². The normalized spacial score (nSPS) is 31.7. The van der Waals surface area contributed by atoms with Crippen molar-refractivity contribution in [3.8, 4) is 0 Å². The predicted molar refractivity (Wildman–Crippen MR) is 66.7 cm³/mol. The fourth-order valence-electron chi connectivity index (χ4n) is 3.09. The molecule has 3 heteroatoms. The molecule has 16 heavy (non-hydrogen) atoms. The minimum atomic E-state index is 0.358. The van der Waals surface area contributed by atoms with Crippen LogP contribution in [0.25, 0.3) is 0 Å². The van der Waals surface area contributed by atoms with Crippen LogP contribution >= 0.6 is 0 Å². The monoisotopic (exact) mass is 226 g/mol. The van der Waals surface area contributed by atoms with E-state index in [1.54, 1.807) is 0 Å². The Morgan fingerprint density at radius 3 is 2.69 bits per heavy atom. The summed E-state index contributed by atoms with van der Waals surface area (Å²) in [6.45, 7) is 4.17. The van der Waals surface area contributed by atoms with Crippen LogP contribution in [0, 0.1) is 5.41 Å². The van der Waals surface area contributed by atoms with Gasteiger partial charge in [-0.1, -0.05) is 6.42 Å². The van der Waals surface area contributed by atoms with Crippen molar-refractivity contribution in [1.29, 1.82) is 0 Å². The molecule has 2 aliphatic rings. The zero-order chi connectivity index (χ0) is 11.4. The lowest BCUT2D eigenvalue weighted by Gasteiger charge is -2.44. The minimum Gasteiger partial charge on any atom is -0.381 e. The smallest absolute Gasteiger partial charge is 0.0546 e. The third-order valence-corrected chi connectivity index (χ3v) is 4.24. The van der Waals surface area contributed by atoms with Gasteiger partial charge in [0.1, 0.15) is 0 Å².